The smallest absolute Gasteiger partial charge is 0.223 e. The van der Waals surface area contributed by atoms with Crippen LogP contribution in [0.5, 0.6) is 0 Å². The van der Waals surface area contributed by atoms with Gasteiger partial charge >= 0.3 is 0 Å². The Kier molecular flexibility index (Phi) is 5.57. The van der Waals surface area contributed by atoms with Crippen molar-refractivity contribution in [2.45, 2.75) is 58.1 Å². The molecule has 3 atom stereocenters. The third kappa shape index (κ3) is 3.81. The molecule has 2 aliphatic rings. The number of benzene rings is 1. The topological polar surface area (TPSA) is 49.8 Å². The van der Waals surface area contributed by atoms with E-state index in [0.717, 1.165) is 25.8 Å². The maximum absolute atomic E-state index is 12.8. The van der Waals surface area contributed by atoms with Crippen molar-refractivity contribution >= 4 is 5.91 Å². The number of aliphatic hydroxyl groups is 1. The first kappa shape index (κ1) is 17.4. The molecule has 24 heavy (non-hydrogen) atoms. The second-order valence-electron chi connectivity index (χ2n) is 7.32. The second kappa shape index (κ2) is 7.66. The molecule has 2 fully saturated rings. The van der Waals surface area contributed by atoms with E-state index in [0.29, 0.717) is 26.1 Å². The molecule has 2 heterocycles. The maximum Gasteiger partial charge on any atom is 0.223 e. The summed E-state index contributed by atoms with van der Waals surface area (Å²) in [5, 5.41) is 10.3. The van der Waals surface area contributed by atoms with Gasteiger partial charge in [0.1, 0.15) is 0 Å². The first-order valence-corrected chi connectivity index (χ1v) is 9.17. The molecule has 0 unspecified atom stereocenters. The Morgan fingerprint density at radius 2 is 2.17 bits per heavy atom. The van der Waals surface area contributed by atoms with Crippen molar-refractivity contribution in [2.24, 2.45) is 5.92 Å². The molecule has 0 aliphatic carbocycles. The van der Waals surface area contributed by atoms with Crippen LogP contribution in [0, 0.1) is 19.8 Å². The van der Waals surface area contributed by atoms with Crippen LogP contribution in [0.2, 0.25) is 0 Å². The first-order chi connectivity index (χ1) is 11.6. The number of hydrogen-bond donors (Lipinski definition) is 1. The van der Waals surface area contributed by atoms with Crippen molar-refractivity contribution in [3.63, 3.8) is 0 Å². The molecule has 3 rings (SSSR count). The van der Waals surface area contributed by atoms with Gasteiger partial charge in [0.15, 0.2) is 0 Å². The number of aliphatic hydroxyl groups excluding tert-OH is 1. The highest BCUT2D eigenvalue weighted by Gasteiger charge is 2.39. The molecule has 0 aromatic heterocycles. The van der Waals surface area contributed by atoms with Crippen molar-refractivity contribution < 1.29 is 14.6 Å². The van der Waals surface area contributed by atoms with Gasteiger partial charge < -0.3 is 14.7 Å². The molecule has 0 spiro atoms. The Labute approximate surface area is 144 Å². The van der Waals surface area contributed by atoms with Gasteiger partial charge in [0.05, 0.1) is 12.7 Å². The van der Waals surface area contributed by atoms with Gasteiger partial charge in [0, 0.05) is 31.5 Å². The van der Waals surface area contributed by atoms with Crippen molar-refractivity contribution in [1.29, 1.82) is 0 Å². The number of nitrogens with zero attached hydrogens (tertiary/aromatic N) is 1. The largest absolute Gasteiger partial charge is 0.393 e. The number of carbonyl (C=O) groups excluding carboxylic acids is 1. The summed E-state index contributed by atoms with van der Waals surface area (Å²) in [4.78, 5) is 14.8. The lowest BCUT2D eigenvalue weighted by Crippen LogP contribution is -2.48. The predicted octanol–water partition coefficient (Wildman–Crippen LogP) is 2.62. The molecule has 1 aromatic carbocycles. The van der Waals surface area contributed by atoms with E-state index in [1.165, 1.54) is 16.7 Å². The zero-order chi connectivity index (χ0) is 17.1. The molecule has 2 saturated heterocycles. The van der Waals surface area contributed by atoms with E-state index in [9.17, 15) is 9.90 Å². The summed E-state index contributed by atoms with van der Waals surface area (Å²) in [6.45, 7) is 6.23. The molecule has 0 bridgehead atoms. The standard InChI is InChI=1S/C20H29NO3/c1-14-5-6-16(15(2)12-14)7-8-20(23)21-10-3-4-18(21)17-13-24-11-9-19(17)22/h5-6,12,17-19,22H,3-4,7-11,13H2,1-2H3/t17-,18-,19+/m1/s1. The Hall–Kier alpha value is -1.39. The van der Waals surface area contributed by atoms with Crippen LogP contribution in [-0.2, 0) is 16.0 Å². The van der Waals surface area contributed by atoms with E-state index in [4.69, 9.17) is 4.74 Å². The van der Waals surface area contributed by atoms with Gasteiger partial charge in [-0.25, -0.2) is 0 Å². The fraction of sp³-hybridized carbons (Fsp3) is 0.650. The number of hydrogen-bond acceptors (Lipinski definition) is 3. The van der Waals surface area contributed by atoms with Crippen LogP contribution in [0.1, 0.15) is 42.4 Å². The monoisotopic (exact) mass is 331 g/mol. The zero-order valence-corrected chi connectivity index (χ0v) is 14.8. The van der Waals surface area contributed by atoms with Gasteiger partial charge in [0.2, 0.25) is 5.91 Å². The second-order valence-corrected chi connectivity index (χ2v) is 7.32. The van der Waals surface area contributed by atoms with E-state index in [-0.39, 0.29) is 24.0 Å². The molecule has 1 amide bonds. The van der Waals surface area contributed by atoms with Crippen LogP contribution in [0.25, 0.3) is 0 Å². The molecule has 0 radical (unpaired) electrons. The van der Waals surface area contributed by atoms with Gasteiger partial charge in [0.25, 0.3) is 0 Å². The summed E-state index contributed by atoms with van der Waals surface area (Å²) in [5.74, 6) is 0.293. The van der Waals surface area contributed by atoms with Crippen LogP contribution in [-0.4, -0.2) is 47.8 Å². The van der Waals surface area contributed by atoms with Crippen LogP contribution in [0.15, 0.2) is 18.2 Å². The van der Waals surface area contributed by atoms with Crippen LogP contribution >= 0.6 is 0 Å². The van der Waals surface area contributed by atoms with E-state index in [1.807, 2.05) is 4.90 Å². The van der Waals surface area contributed by atoms with Crippen molar-refractivity contribution in [1.82, 2.24) is 4.90 Å². The average Bonchev–Trinajstić information content (AvgIpc) is 3.03. The fourth-order valence-electron chi connectivity index (χ4n) is 4.17. The van der Waals surface area contributed by atoms with Crippen molar-refractivity contribution in [3.05, 3.63) is 34.9 Å². The highest BCUT2D eigenvalue weighted by atomic mass is 16.5. The quantitative estimate of drug-likeness (QED) is 0.923. The van der Waals surface area contributed by atoms with E-state index >= 15 is 0 Å². The minimum atomic E-state index is -0.337. The minimum absolute atomic E-state index is 0.0753. The van der Waals surface area contributed by atoms with Gasteiger partial charge in [-0.3, -0.25) is 4.79 Å². The van der Waals surface area contributed by atoms with Gasteiger partial charge in [-0.2, -0.15) is 0 Å². The lowest BCUT2D eigenvalue weighted by atomic mass is 9.89. The number of aryl methyl sites for hydroxylation is 3. The predicted molar refractivity (Wildman–Crippen MR) is 93.9 cm³/mol. The summed E-state index contributed by atoms with van der Waals surface area (Å²) < 4.78 is 5.55. The van der Waals surface area contributed by atoms with E-state index in [2.05, 4.69) is 32.0 Å². The molecular formula is C20H29NO3. The fourth-order valence-corrected chi connectivity index (χ4v) is 4.17. The highest BCUT2D eigenvalue weighted by Crippen LogP contribution is 2.30. The number of ether oxygens (including phenoxy) is 1. The summed E-state index contributed by atoms with van der Waals surface area (Å²) in [6, 6.07) is 6.57. The van der Waals surface area contributed by atoms with Crippen LogP contribution in [0.3, 0.4) is 0 Å². The third-order valence-corrected chi connectivity index (χ3v) is 5.58. The molecule has 4 nitrogen and oxygen atoms in total. The summed E-state index contributed by atoms with van der Waals surface area (Å²) in [7, 11) is 0. The number of rotatable bonds is 4. The van der Waals surface area contributed by atoms with Crippen molar-refractivity contribution in [3.8, 4) is 0 Å². The Bertz CT molecular complexity index is 586. The minimum Gasteiger partial charge on any atom is -0.393 e. The number of carbonyl (C=O) groups is 1. The first-order valence-electron chi connectivity index (χ1n) is 9.17. The highest BCUT2D eigenvalue weighted by molar-refractivity contribution is 5.77. The van der Waals surface area contributed by atoms with Crippen LogP contribution in [0.4, 0.5) is 0 Å². The summed E-state index contributed by atoms with van der Waals surface area (Å²) in [6.07, 6.45) is 3.70. The zero-order valence-electron chi connectivity index (χ0n) is 14.8. The number of likely N-dealkylation sites (tertiary alicyclic amines) is 1. The third-order valence-electron chi connectivity index (χ3n) is 5.58. The Balaban J connectivity index is 1.61. The van der Waals surface area contributed by atoms with Gasteiger partial charge in [-0.1, -0.05) is 23.8 Å². The average molecular weight is 331 g/mol. The normalized spacial score (nSPS) is 27.5. The summed E-state index contributed by atoms with van der Waals surface area (Å²) in [5.41, 5.74) is 3.77. The molecule has 1 N–H and O–H groups in total. The van der Waals surface area contributed by atoms with E-state index < -0.39 is 0 Å². The van der Waals surface area contributed by atoms with Crippen LogP contribution < -0.4 is 0 Å². The number of amides is 1. The molecule has 132 valence electrons. The molecule has 1 aromatic rings. The Morgan fingerprint density at radius 3 is 2.92 bits per heavy atom. The van der Waals surface area contributed by atoms with Gasteiger partial charge in [-0.15, -0.1) is 0 Å². The summed E-state index contributed by atoms with van der Waals surface area (Å²) >= 11 is 0. The SMILES string of the molecule is Cc1ccc(CCC(=O)N2CCC[C@@H]2[C@H]2COCC[C@@H]2O)c(C)c1. The molecule has 2 aliphatic heterocycles. The maximum atomic E-state index is 12.8. The Morgan fingerprint density at radius 1 is 1.33 bits per heavy atom. The lowest BCUT2D eigenvalue weighted by molar-refractivity contribution is -0.136. The lowest BCUT2D eigenvalue weighted by Gasteiger charge is -2.37. The molecular weight excluding hydrogens is 302 g/mol. The van der Waals surface area contributed by atoms with E-state index in [1.54, 1.807) is 0 Å². The molecule has 0 saturated carbocycles. The van der Waals surface area contributed by atoms with Crippen molar-refractivity contribution in [2.75, 3.05) is 19.8 Å². The molecule has 4 heteroatoms. The van der Waals surface area contributed by atoms with Gasteiger partial charge in [-0.05, 0) is 50.7 Å².